The number of hydrogen-bond donors (Lipinski definition) is 1. The number of carbonyl (C=O) groups excluding carboxylic acids is 2. The number of fused-ring (bicyclic) bond motifs is 1. The summed E-state index contributed by atoms with van der Waals surface area (Å²) in [6, 6.07) is 8.59. The summed E-state index contributed by atoms with van der Waals surface area (Å²) in [5, 5.41) is 8.56. The lowest BCUT2D eigenvalue weighted by atomic mass is 10.1. The van der Waals surface area contributed by atoms with Gasteiger partial charge in [-0.1, -0.05) is 12.1 Å². The van der Waals surface area contributed by atoms with Crippen LogP contribution in [0.1, 0.15) is 5.56 Å². The molecule has 136 valence electrons. The molecule has 2 aliphatic heterocycles. The Balaban J connectivity index is 1.75. The smallest absolute Gasteiger partial charge is 0.356 e. The van der Waals surface area contributed by atoms with Crippen LogP contribution in [0.2, 0.25) is 0 Å². The lowest BCUT2D eigenvalue weighted by molar-refractivity contribution is -0.151. The van der Waals surface area contributed by atoms with E-state index in [4.69, 9.17) is 20.5 Å². The third-order valence-corrected chi connectivity index (χ3v) is 6.45. The summed E-state index contributed by atoms with van der Waals surface area (Å²) in [5.74, 6) is 0.566. The van der Waals surface area contributed by atoms with Crippen LogP contribution in [0.5, 0.6) is 5.75 Å². The van der Waals surface area contributed by atoms with E-state index in [0.717, 1.165) is 5.56 Å². The predicted octanol–water partition coefficient (Wildman–Crippen LogP) is 1.45. The van der Waals surface area contributed by atoms with Crippen molar-refractivity contribution in [2.45, 2.75) is 18.0 Å². The topological polar surface area (TPSA) is 106 Å². The van der Waals surface area contributed by atoms with E-state index in [0.29, 0.717) is 16.4 Å². The first-order chi connectivity index (χ1) is 12.6. The first-order valence-electron chi connectivity index (χ1n) is 7.80. The molecule has 2 atom stereocenters. The summed E-state index contributed by atoms with van der Waals surface area (Å²) in [6.07, 6.45) is 0. The molecule has 7 nitrogen and oxygen atoms in total. The monoisotopic (exact) mass is 391 g/mol. The number of rotatable bonds is 6. The third-order valence-electron chi connectivity index (χ3n) is 4.01. The van der Waals surface area contributed by atoms with Crippen LogP contribution in [-0.4, -0.2) is 46.8 Å². The van der Waals surface area contributed by atoms with Crippen LogP contribution in [0.4, 0.5) is 0 Å². The van der Waals surface area contributed by atoms with Gasteiger partial charge >= 0.3 is 5.97 Å². The molecule has 1 amide bonds. The van der Waals surface area contributed by atoms with E-state index in [-0.39, 0.29) is 29.3 Å². The van der Waals surface area contributed by atoms with Crippen molar-refractivity contribution in [2.75, 3.05) is 18.6 Å². The van der Waals surface area contributed by atoms with Crippen molar-refractivity contribution in [3.63, 3.8) is 0 Å². The lowest BCUT2D eigenvalue weighted by Gasteiger charge is -2.48. The maximum atomic E-state index is 12.7. The van der Waals surface area contributed by atoms with Gasteiger partial charge in [-0.05, 0) is 17.7 Å². The summed E-state index contributed by atoms with van der Waals surface area (Å²) in [5.41, 5.74) is 6.84. The third kappa shape index (κ3) is 3.53. The molecule has 2 heterocycles. The summed E-state index contributed by atoms with van der Waals surface area (Å²) in [6.45, 7) is 0.0778. The molecular formula is C17H17N3O4S2. The maximum Gasteiger partial charge on any atom is 0.356 e. The SMILES string of the molecule is COc1ccc(COC(=O)C2=C(SCC#N)CS[C@@H]3[C@H](N)C(=O)N23)cc1. The van der Waals surface area contributed by atoms with E-state index in [9.17, 15) is 9.59 Å². The van der Waals surface area contributed by atoms with Gasteiger partial charge in [0, 0.05) is 10.7 Å². The fourth-order valence-electron chi connectivity index (χ4n) is 2.65. The first-order valence-corrected chi connectivity index (χ1v) is 9.83. The molecule has 2 N–H and O–H groups in total. The quantitative estimate of drug-likeness (QED) is 0.574. The Morgan fingerprint density at radius 2 is 2.19 bits per heavy atom. The number of nitrogens with zero attached hydrogens (tertiary/aromatic N) is 2. The lowest BCUT2D eigenvalue weighted by Crippen LogP contribution is -2.68. The number of ether oxygens (including phenoxy) is 2. The zero-order chi connectivity index (χ0) is 18.7. The number of β-lactam (4-membered cyclic amide) rings is 1. The number of esters is 1. The molecule has 0 aromatic heterocycles. The van der Waals surface area contributed by atoms with Gasteiger partial charge in [0.25, 0.3) is 0 Å². The highest BCUT2D eigenvalue weighted by Crippen LogP contribution is 2.42. The fourth-order valence-corrected chi connectivity index (χ4v) is 4.88. The van der Waals surface area contributed by atoms with Gasteiger partial charge in [0.2, 0.25) is 5.91 Å². The molecule has 3 rings (SSSR count). The van der Waals surface area contributed by atoms with Gasteiger partial charge in [0.1, 0.15) is 29.5 Å². The van der Waals surface area contributed by atoms with Crippen LogP contribution in [-0.2, 0) is 20.9 Å². The average molecular weight is 391 g/mol. The number of carbonyl (C=O) groups is 2. The molecule has 0 unspecified atom stereocenters. The summed E-state index contributed by atoms with van der Waals surface area (Å²) < 4.78 is 10.5. The largest absolute Gasteiger partial charge is 0.497 e. The van der Waals surface area contributed by atoms with E-state index in [2.05, 4.69) is 0 Å². The minimum Gasteiger partial charge on any atom is -0.497 e. The molecule has 0 aliphatic carbocycles. The standard InChI is InChI=1S/C17H17N3O4S2/c1-23-11-4-2-10(3-5-11)8-24-17(22)14-12(25-7-6-18)9-26-16-13(19)15(21)20(14)16/h2-5,13,16H,7-9,19H2,1H3/t13-,16-/m1/s1. The molecule has 2 aliphatic rings. The molecule has 0 radical (unpaired) electrons. The van der Waals surface area contributed by atoms with E-state index in [1.165, 1.54) is 28.4 Å². The minimum atomic E-state index is -0.605. The van der Waals surface area contributed by atoms with Gasteiger partial charge in [0.05, 0.1) is 18.9 Å². The van der Waals surface area contributed by atoms with Gasteiger partial charge in [-0.15, -0.1) is 23.5 Å². The molecule has 0 saturated carbocycles. The average Bonchev–Trinajstić information content (AvgIpc) is 2.69. The maximum absolute atomic E-state index is 12.7. The van der Waals surface area contributed by atoms with E-state index < -0.39 is 12.0 Å². The first kappa shape index (κ1) is 18.6. The molecule has 0 spiro atoms. The molecule has 1 saturated heterocycles. The Morgan fingerprint density at radius 3 is 2.85 bits per heavy atom. The van der Waals surface area contributed by atoms with Crippen molar-refractivity contribution < 1.29 is 19.1 Å². The number of nitrogens with two attached hydrogens (primary N) is 1. The molecular weight excluding hydrogens is 374 g/mol. The highest BCUT2D eigenvalue weighted by molar-refractivity contribution is 8.06. The Hall–Kier alpha value is -2.15. The zero-order valence-electron chi connectivity index (χ0n) is 14.0. The van der Waals surface area contributed by atoms with Crippen molar-refractivity contribution in [2.24, 2.45) is 5.73 Å². The molecule has 9 heteroatoms. The normalized spacial score (nSPS) is 21.6. The summed E-state index contributed by atoms with van der Waals surface area (Å²) >= 11 is 2.74. The van der Waals surface area contributed by atoms with E-state index in [1.54, 1.807) is 31.4 Å². The molecule has 1 aromatic carbocycles. The summed E-state index contributed by atoms with van der Waals surface area (Å²) in [4.78, 5) is 26.9. The van der Waals surface area contributed by atoms with Gasteiger partial charge < -0.3 is 15.2 Å². The fraction of sp³-hybridized carbons (Fsp3) is 0.353. The van der Waals surface area contributed by atoms with Crippen LogP contribution in [0.15, 0.2) is 34.9 Å². The molecule has 1 fully saturated rings. The predicted molar refractivity (Wildman–Crippen MR) is 99.0 cm³/mol. The second-order valence-corrected chi connectivity index (χ2v) is 7.75. The van der Waals surface area contributed by atoms with Crippen molar-refractivity contribution >= 4 is 35.4 Å². The Labute approximate surface area is 159 Å². The second kappa shape index (κ2) is 8.03. The Kier molecular flexibility index (Phi) is 5.76. The van der Waals surface area contributed by atoms with Crippen molar-refractivity contribution in [1.29, 1.82) is 5.26 Å². The van der Waals surface area contributed by atoms with Crippen molar-refractivity contribution in [3.8, 4) is 11.8 Å². The van der Waals surface area contributed by atoms with Crippen molar-refractivity contribution in [3.05, 3.63) is 40.4 Å². The molecule has 26 heavy (non-hydrogen) atoms. The number of nitriles is 1. The van der Waals surface area contributed by atoms with Gasteiger partial charge in [-0.2, -0.15) is 5.26 Å². The van der Waals surface area contributed by atoms with Crippen LogP contribution in [0.25, 0.3) is 0 Å². The summed E-state index contributed by atoms with van der Waals surface area (Å²) in [7, 11) is 1.58. The number of amides is 1. The number of thioether (sulfide) groups is 2. The second-order valence-electron chi connectivity index (χ2n) is 5.58. The van der Waals surface area contributed by atoms with Crippen LogP contribution >= 0.6 is 23.5 Å². The van der Waals surface area contributed by atoms with E-state index in [1.807, 2.05) is 6.07 Å². The van der Waals surface area contributed by atoms with Crippen LogP contribution in [0.3, 0.4) is 0 Å². The highest BCUT2D eigenvalue weighted by Gasteiger charge is 2.52. The van der Waals surface area contributed by atoms with Crippen LogP contribution < -0.4 is 10.5 Å². The van der Waals surface area contributed by atoms with Crippen LogP contribution in [0, 0.1) is 11.3 Å². The van der Waals surface area contributed by atoms with Gasteiger partial charge in [0.15, 0.2) is 0 Å². The van der Waals surface area contributed by atoms with Crippen molar-refractivity contribution in [1.82, 2.24) is 4.90 Å². The number of methoxy groups -OCH3 is 1. The molecule has 1 aromatic rings. The van der Waals surface area contributed by atoms with Gasteiger partial charge in [-0.3, -0.25) is 9.69 Å². The number of hydrogen-bond acceptors (Lipinski definition) is 8. The van der Waals surface area contributed by atoms with E-state index >= 15 is 0 Å². The zero-order valence-corrected chi connectivity index (χ0v) is 15.6. The number of benzene rings is 1. The minimum absolute atomic E-state index is 0.0778. The van der Waals surface area contributed by atoms with Gasteiger partial charge in [-0.25, -0.2) is 4.79 Å². The Bertz CT molecular complexity index is 788. The molecule has 0 bridgehead atoms. The highest BCUT2D eigenvalue weighted by atomic mass is 32.2. The Morgan fingerprint density at radius 1 is 1.46 bits per heavy atom.